The van der Waals surface area contributed by atoms with Crippen LogP contribution in [0.5, 0.6) is 0 Å². The van der Waals surface area contributed by atoms with Crippen LogP contribution in [0.3, 0.4) is 0 Å². The van der Waals surface area contributed by atoms with Gasteiger partial charge in [0.25, 0.3) is 0 Å². The number of rotatable bonds is 6. The van der Waals surface area contributed by atoms with Crippen molar-refractivity contribution in [3.8, 4) is 0 Å². The molecule has 1 aliphatic rings. The molecule has 2 nitrogen and oxygen atoms in total. The van der Waals surface area contributed by atoms with Crippen molar-refractivity contribution in [3.05, 3.63) is 33.3 Å². The average molecular weight is 319 g/mol. The van der Waals surface area contributed by atoms with E-state index in [0.29, 0.717) is 5.92 Å². The minimum absolute atomic E-state index is 0.620. The van der Waals surface area contributed by atoms with Crippen LogP contribution in [0.1, 0.15) is 17.9 Å². The number of hydrogen-bond acceptors (Lipinski definition) is 2. The Labute approximate surface area is 116 Å². The topological polar surface area (TPSA) is 21.3 Å². The van der Waals surface area contributed by atoms with E-state index in [4.69, 9.17) is 16.3 Å². The summed E-state index contributed by atoms with van der Waals surface area (Å²) in [5, 5.41) is 4.29. The first kappa shape index (κ1) is 13.3. The molecule has 0 saturated heterocycles. The third kappa shape index (κ3) is 3.68. The lowest BCUT2D eigenvalue weighted by atomic mass is 10.1. The van der Waals surface area contributed by atoms with Gasteiger partial charge in [0.1, 0.15) is 0 Å². The highest BCUT2D eigenvalue weighted by atomic mass is 79.9. The summed E-state index contributed by atoms with van der Waals surface area (Å²) in [6, 6.07) is 6.09. The summed E-state index contributed by atoms with van der Waals surface area (Å²) in [4.78, 5) is 0. The van der Waals surface area contributed by atoms with E-state index in [2.05, 4.69) is 27.3 Å². The Hall–Kier alpha value is -0.0900. The van der Waals surface area contributed by atoms with Crippen LogP contribution >= 0.6 is 27.5 Å². The molecule has 1 saturated carbocycles. The number of methoxy groups -OCH3 is 1. The van der Waals surface area contributed by atoms with Crippen LogP contribution < -0.4 is 5.32 Å². The quantitative estimate of drug-likeness (QED) is 0.811. The fraction of sp³-hybridized carbons (Fsp3) is 0.538. The van der Waals surface area contributed by atoms with E-state index < -0.39 is 0 Å². The van der Waals surface area contributed by atoms with Gasteiger partial charge in [-0.25, -0.2) is 0 Å². The predicted octanol–water partition coefficient (Wildman–Crippen LogP) is 3.44. The monoisotopic (exact) mass is 317 g/mol. The van der Waals surface area contributed by atoms with Crippen molar-refractivity contribution in [2.24, 2.45) is 5.92 Å². The highest BCUT2D eigenvalue weighted by molar-refractivity contribution is 9.10. The Bertz CT molecular complexity index is 386. The Morgan fingerprint density at radius 3 is 3.12 bits per heavy atom. The molecule has 1 aromatic carbocycles. The van der Waals surface area contributed by atoms with Crippen LogP contribution in [-0.2, 0) is 4.74 Å². The summed E-state index contributed by atoms with van der Waals surface area (Å²) in [5.41, 5.74) is 1.28. The van der Waals surface area contributed by atoms with Gasteiger partial charge in [-0.15, -0.1) is 0 Å². The highest BCUT2D eigenvalue weighted by Gasteiger charge is 2.38. The minimum Gasteiger partial charge on any atom is -0.383 e. The summed E-state index contributed by atoms with van der Waals surface area (Å²) in [6.07, 6.45) is 1.23. The fourth-order valence-electron chi connectivity index (χ4n) is 2.11. The Kier molecular flexibility index (Phi) is 4.86. The van der Waals surface area contributed by atoms with Gasteiger partial charge in [-0.1, -0.05) is 27.5 Å². The van der Waals surface area contributed by atoms with Crippen LogP contribution in [0.2, 0.25) is 5.02 Å². The molecule has 0 spiro atoms. The molecule has 1 aliphatic carbocycles. The molecule has 0 heterocycles. The van der Waals surface area contributed by atoms with E-state index in [1.807, 2.05) is 12.1 Å². The lowest BCUT2D eigenvalue weighted by molar-refractivity contribution is 0.199. The van der Waals surface area contributed by atoms with E-state index in [-0.39, 0.29) is 0 Å². The molecule has 1 fully saturated rings. The largest absolute Gasteiger partial charge is 0.383 e. The van der Waals surface area contributed by atoms with Crippen molar-refractivity contribution < 1.29 is 4.74 Å². The maximum Gasteiger partial charge on any atom is 0.0587 e. The van der Waals surface area contributed by atoms with Crippen molar-refractivity contribution in [2.75, 3.05) is 26.8 Å². The van der Waals surface area contributed by atoms with Gasteiger partial charge in [-0.3, -0.25) is 0 Å². The third-order valence-corrected chi connectivity index (χ3v) is 4.01. The molecule has 1 N–H and O–H groups in total. The molecular weight excluding hydrogens is 302 g/mol. The molecule has 0 aromatic heterocycles. The number of hydrogen-bond donors (Lipinski definition) is 1. The van der Waals surface area contributed by atoms with Gasteiger partial charge in [0.2, 0.25) is 0 Å². The van der Waals surface area contributed by atoms with Crippen molar-refractivity contribution in [1.29, 1.82) is 0 Å². The second kappa shape index (κ2) is 6.19. The van der Waals surface area contributed by atoms with Crippen LogP contribution in [0.4, 0.5) is 0 Å². The molecule has 17 heavy (non-hydrogen) atoms. The Morgan fingerprint density at radius 1 is 1.53 bits per heavy atom. The molecule has 0 bridgehead atoms. The fourth-order valence-corrected chi connectivity index (χ4v) is 2.75. The van der Waals surface area contributed by atoms with E-state index in [1.54, 1.807) is 7.11 Å². The van der Waals surface area contributed by atoms with Gasteiger partial charge < -0.3 is 10.1 Å². The molecule has 2 unspecified atom stereocenters. The van der Waals surface area contributed by atoms with E-state index in [9.17, 15) is 0 Å². The molecule has 4 heteroatoms. The van der Waals surface area contributed by atoms with Gasteiger partial charge in [0.05, 0.1) is 6.61 Å². The van der Waals surface area contributed by atoms with Crippen LogP contribution in [0.15, 0.2) is 22.7 Å². The summed E-state index contributed by atoms with van der Waals surface area (Å²) < 4.78 is 6.11. The van der Waals surface area contributed by atoms with Gasteiger partial charge in [-0.05, 0) is 48.6 Å². The molecule has 0 aliphatic heterocycles. The second-order valence-electron chi connectivity index (χ2n) is 4.47. The predicted molar refractivity (Wildman–Crippen MR) is 74.7 cm³/mol. The highest BCUT2D eigenvalue weighted by Crippen LogP contribution is 2.49. The van der Waals surface area contributed by atoms with Gasteiger partial charge in [0, 0.05) is 23.1 Å². The maximum absolute atomic E-state index is 6.22. The lowest BCUT2D eigenvalue weighted by Crippen LogP contribution is -2.21. The number of ether oxygens (including phenoxy) is 1. The van der Waals surface area contributed by atoms with Crippen molar-refractivity contribution in [2.45, 2.75) is 12.3 Å². The minimum atomic E-state index is 0.620. The van der Waals surface area contributed by atoms with Crippen LogP contribution in [-0.4, -0.2) is 26.8 Å². The van der Waals surface area contributed by atoms with E-state index in [0.717, 1.165) is 35.1 Å². The molecule has 2 atom stereocenters. The smallest absolute Gasteiger partial charge is 0.0587 e. The number of benzene rings is 1. The molecule has 94 valence electrons. The first-order chi connectivity index (χ1) is 8.22. The van der Waals surface area contributed by atoms with E-state index >= 15 is 0 Å². The first-order valence-electron chi connectivity index (χ1n) is 5.87. The van der Waals surface area contributed by atoms with E-state index in [1.165, 1.54) is 12.0 Å². The molecule has 1 aromatic rings. The second-order valence-corrected chi connectivity index (χ2v) is 5.79. The van der Waals surface area contributed by atoms with Crippen LogP contribution in [0.25, 0.3) is 0 Å². The zero-order valence-electron chi connectivity index (χ0n) is 9.88. The zero-order valence-corrected chi connectivity index (χ0v) is 12.2. The molecule has 2 rings (SSSR count). The maximum atomic E-state index is 6.22. The Balaban J connectivity index is 1.83. The molecular formula is C13H17BrClNO. The van der Waals surface area contributed by atoms with Gasteiger partial charge >= 0.3 is 0 Å². The van der Waals surface area contributed by atoms with Crippen molar-refractivity contribution in [3.63, 3.8) is 0 Å². The summed E-state index contributed by atoms with van der Waals surface area (Å²) in [6.45, 7) is 2.75. The third-order valence-electron chi connectivity index (χ3n) is 3.17. The van der Waals surface area contributed by atoms with Crippen LogP contribution in [0, 0.1) is 5.92 Å². The first-order valence-corrected chi connectivity index (χ1v) is 7.04. The zero-order chi connectivity index (χ0) is 12.3. The Morgan fingerprint density at radius 2 is 2.35 bits per heavy atom. The van der Waals surface area contributed by atoms with Gasteiger partial charge in [-0.2, -0.15) is 0 Å². The lowest BCUT2D eigenvalue weighted by Gasteiger charge is -2.06. The molecule has 0 amide bonds. The normalized spacial score (nSPS) is 22.8. The molecule has 0 radical (unpaired) electrons. The average Bonchev–Trinajstić information content (AvgIpc) is 3.07. The summed E-state index contributed by atoms with van der Waals surface area (Å²) in [5.74, 6) is 1.34. The van der Waals surface area contributed by atoms with Gasteiger partial charge in [0.15, 0.2) is 0 Å². The SMILES string of the molecule is COCCNCC1CC1c1cc(Br)ccc1Cl. The van der Waals surface area contributed by atoms with Crippen molar-refractivity contribution >= 4 is 27.5 Å². The summed E-state index contributed by atoms with van der Waals surface area (Å²) >= 11 is 9.71. The number of halogens is 2. The van der Waals surface area contributed by atoms with Crippen molar-refractivity contribution in [1.82, 2.24) is 5.32 Å². The standard InChI is InChI=1S/C13H17BrClNO/c1-17-5-4-16-8-9-6-11(9)12-7-10(14)2-3-13(12)15/h2-3,7,9,11,16H,4-6,8H2,1H3. The number of nitrogens with one attached hydrogen (secondary N) is 1. The summed E-state index contributed by atoms with van der Waals surface area (Å²) in [7, 11) is 1.73.